The van der Waals surface area contributed by atoms with Gasteiger partial charge in [-0.3, -0.25) is 4.90 Å². The van der Waals surface area contributed by atoms with E-state index in [1.807, 2.05) is 13.1 Å². The number of morpholine rings is 1. The van der Waals surface area contributed by atoms with E-state index in [9.17, 15) is 0 Å². The minimum atomic E-state index is 0.841. The van der Waals surface area contributed by atoms with Crippen LogP contribution in [0.25, 0.3) is 0 Å². The molecule has 2 rings (SSSR count). The molecule has 0 bridgehead atoms. The molecule has 0 atom stereocenters. The Hall–Kier alpha value is -1.40. The fourth-order valence-corrected chi connectivity index (χ4v) is 2.04. The van der Waals surface area contributed by atoms with Crippen LogP contribution in [0.4, 0.5) is 11.6 Å². The van der Waals surface area contributed by atoms with Gasteiger partial charge < -0.3 is 15.4 Å². The minimum Gasteiger partial charge on any atom is -0.379 e. The number of ether oxygens (including phenoxy) is 1. The molecule has 0 unspecified atom stereocenters. The van der Waals surface area contributed by atoms with Gasteiger partial charge in [0.2, 0.25) is 0 Å². The lowest BCUT2D eigenvalue weighted by molar-refractivity contribution is 0.0398. The molecule has 1 aromatic rings. The van der Waals surface area contributed by atoms with E-state index >= 15 is 0 Å². The van der Waals surface area contributed by atoms with Crippen LogP contribution in [0.3, 0.4) is 0 Å². The second-order valence-electron chi connectivity index (χ2n) is 4.54. The molecule has 0 amide bonds. The number of hydrogen-bond acceptors (Lipinski definition) is 6. The molecule has 0 saturated carbocycles. The van der Waals surface area contributed by atoms with Crippen LogP contribution < -0.4 is 10.6 Å². The Kier molecular flexibility index (Phi) is 5.35. The lowest BCUT2D eigenvalue weighted by atomic mass is 10.4. The van der Waals surface area contributed by atoms with Gasteiger partial charge >= 0.3 is 0 Å². The third-order valence-electron chi connectivity index (χ3n) is 3.18. The lowest BCUT2D eigenvalue weighted by Gasteiger charge is -2.26. The number of hydrogen-bond donors (Lipinski definition) is 2. The van der Waals surface area contributed by atoms with Gasteiger partial charge in [-0.25, -0.2) is 9.97 Å². The summed E-state index contributed by atoms with van der Waals surface area (Å²) in [5.74, 6) is 2.62. The second kappa shape index (κ2) is 7.25. The summed E-state index contributed by atoms with van der Waals surface area (Å²) in [6.07, 6.45) is 0.841. The first-order valence-electron chi connectivity index (χ1n) is 6.91. The van der Waals surface area contributed by atoms with E-state index in [1.165, 1.54) is 0 Å². The number of aromatic nitrogens is 2. The Balaban J connectivity index is 1.84. The molecular weight excluding hydrogens is 242 g/mol. The quantitative estimate of drug-likeness (QED) is 0.794. The van der Waals surface area contributed by atoms with Gasteiger partial charge in [-0.05, 0) is 0 Å². The predicted molar refractivity (Wildman–Crippen MR) is 76.7 cm³/mol. The molecule has 1 aromatic heterocycles. The Labute approximate surface area is 114 Å². The van der Waals surface area contributed by atoms with Gasteiger partial charge in [0.15, 0.2) is 0 Å². The highest BCUT2D eigenvalue weighted by Crippen LogP contribution is 2.11. The zero-order valence-corrected chi connectivity index (χ0v) is 11.8. The maximum Gasteiger partial charge on any atom is 0.132 e. The number of nitrogens with one attached hydrogen (secondary N) is 2. The van der Waals surface area contributed by atoms with Crippen molar-refractivity contribution in [1.29, 1.82) is 0 Å². The summed E-state index contributed by atoms with van der Waals surface area (Å²) in [6, 6.07) is 1.94. The molecular formula is C13H23N5O. The molecule has 2 heterocycles. The summed E-state index contributed by atoms with van der Waals surface area (Å²) >= 11 is 0. The molecule has 1 aliphatic heterocycles. The van der Waals surface area contributed by atoms with E-state index in [0.717, 1.165) is 63.3 Å². The van der Waals surface area contributed by atoms with Gasteiger partial charge in [0, 0.05) is 45.7 Å². The van der Waals surface area contributed by atoms with Crippen LogP contribution in [0.15, 0.2) is 6.07 Å². The molecule has 6 nitrogen and oxygen atoms in total. The Morgan fingerprint density at radius 1 is 1.26 bits per heavy atom. The van der Waals surface area contributed by atoms with Crippen molar-refractivity contribution in [3.05, 3.63) is 11.9 Å². The highest BCUT2D eigenvalue weighted by molar-refractivity contribution is 5.47. The fourth-order valence-electron chi connectivity index (χ4n) is 2.04. The van der Waals surface area contributed by atoms with Gasteiger partial charge in [0.05, 0.1) is 13.2 Å². The molecule has 1 fully saturated rings. The van der Waals surface area contributed by atoms with Crippen LogP contribution in [0.5, 0.6) is 0 Å². The van der Waals surface area contributed by atoms with Crippen molar-refractivity contribution >= 4 is 11.6 Å². The molecule has 2 N–H and O–H groups in total. The third-order valence-corrected chi connectivity index (χ3v) is 3.18. The average molecular weight is 265 g/mol. The highest BCUT2D eigenvalue weighted by atomic mass is 16.5. The van der Waals surface area contributed by atoms with Crippen molar-refractivity contribution in [2.45, 2.75) is 13.3 Å². The monoisotopic (exact) mass is 265 g/mol. The average Bonchev–Trinajstić information content (AvgIpc) is 2.48. The Morgan fingerprint density at radius 3 is 2.68 bits per heavy atom. The van der Waals surface area contributed by atoms with E-state index in [1.54, 1.807) is 0 Å². The molecule has 1 saturated heterocycles. The van der Waals surface area contributed by atoms with E-state index < -0.39 is 0 Å². The summed E-state index contributed by atoms with van der Waals surface area (Å²) < 4.78 is 5.33. The minimum absolute atomic E-state index is 0.841. The normalized spacial score (nSPS) is 16.3. The van der Waals surface area contributed by atoms with Gasteiger partial charge in [0.1, 0.15) is 17.5 Å². The summed E-state index contributed by atoms with van der Waals surface area (Å²) in [6.45, 7) is 7.70. The molecule has 106 valence electrons. The van der Waals surface area contributed by atoms with Gasteiger partial charge in [-0.15, -0.1) is 0 Å². The highest BCUT2D eigenvalue weighted by Gasteiger charge is 2.09. The first-order chi connectivity index (χ1) is 9.31. The van der Waals surface area contributed by atoms with Crippen molar-refractivity contribution in [3.8, 4) is 0 Å². The standard InChI is InChI=1S/C13H23N5O/c1-3-11-16-12(14-2)10-13(17-11)15-4-5-18-6-8-19-9-7-18/h10H,3-9H2,1-2H3,(H2,14,15,16,17). The summed E-state index contributed by atoms with van der Waals surface area (Å²) in [4.78, 5) is 11.3. The maximum atomic E-state index is 5.33. The molecule has 19 heavy (non-hydrogen) atoms. The Morgan fingerprint density at radius 2 is 2.00 bits per heavy atom. The third kappa shape index (κ3) is 4.33. The summed E-state index contributed by atoms with van der Waals surface area (Å²) in [7, 11) is 1.87. The number of aryl methyl sites for hydroxylation is 1. The lowest BCUT2D eigenvalue weighted by Crippen LogP contribution is -2.39. The van der Waals surface area contributed by atoms with Crippen molar-refractivity contribution in [1.82, 2.24) is 14.9 Å². The van der Waals surface area contributed by atoms with E-state index in [4.69, 9.17) is 4.74 Å². The number of nitrogens with zero attached hydrogens (tertiary/aromatic N) is 3. The van der Waals surface area contributed by atoms with Crippen molar-refractivity contribution in [3.63, 3.8) is 0 Å². The van der Waals surface area contributed by atoms with Crippen LogP contribution in [-0.2, 0) is 11.2 Å². The SMILES string of the molecule is CCc1nc(NC)cc(NCCN2CCOCC2)n1. The predicted octanol–water partition coefficient (Wildman–Crippen LogP) is 0.825. The van der Waals surface area contributed by atoms with Gasteiger partial charge in [-0.1, -0.05) is 6.92 Å². The van der Waals surface area contributed by atoms with E-state index in [-0.39, 0.29) is 0 Å². The van der Waals surface area contributed by atoms with Crippen LogP contribution in [-0.4, -0.2) is 61.3 Å². The second-order valence-corrected chi connectivity index (χ2v) is 4.54. The van der Waals surface area contributed by atoms with Gasteiger partial charge in [0.25, 0.3) is 0 Å². The van der Waals surface area contributed by atoms with Crippen molar-refractivity contribution in [2.24, 2.45) is 0 Å². The van der Waals surface area contributed by atoms with Crippen LogP contribution in [0.1, 0.15) is 12.7 Å². The van der Waals surface area contributed by atoms with Crippen LogP contribution >= 0.6 is 0 Å². The number of rotatable bonds is 6. The fraction of sp³-hybridized carbons (Fsp3) is 0.692. The van der Waals surface area contributed by atoms with Crippen LogP contribution in [0.2, 0.25) is 0 Å². The first kappa shape index (κ1) is 14.0. The van der Waals surface area contributed by atoms with E-state index in [2.05, 4.69) is 32.4 Å². The molecule has 0 aliphatic carbocycles. The van der Waals surface area contributed by atoms with E-state index in [0.29, 0.717) is 0 Å². The largest absolute Gasteiger partial charge is 0.379 e. The summed E-state index contributed by atoms with van der Waals surface area (Å²) in [5.41, 5.74) is 0. The Bertz CT molecular complexity index is 370. The smallest absolute Gasteiger partial charge is 0.132 e. The van der Waals surface area contributed by atoms with Gasteiger partial charge in [-0.2, -0.15) is 0 Å². The molecule has 1 aliphatic rings. The molecule has 6 heteroatoms. The first-order valence-corrected chi connectivity index (χ1v) is 6.91. The molecule has 0 aromatic carbocycles. The molecule has 0 spiro atoms. The maximum absolute atomic E-state index is 5.33. The molecule has 0 radical (unpaired) electrons. The summed E-state index contributed by atoms with van der Waals surface area (Å²) in [5, 5.41) is 6.43. The zero-order valence-electron chi connectivity index (χ0n) is 11.8. The van der Waals surface area contributed by atoms with Crippen LogP contribution in [0, 0.1) is 0 Å². The van der Waals surface area contributed by atoms with Crippen molar-refractivity contribution in [2.75, 3.05) is 57.1 Å². The zero-order chi connectivity index (χ0) is 13.5. The topological polar surface area (TPSA) is 62.3 Å². The van der Waals surface area contributed by atoms with Crippen molar-refractivity contribution < 1.29 is 4.74 Å². The number of anilines is 2.